The van der Waals surface area contributed by atoms with Gasteiger partial charge in [0.25, 0.3) is 0 Å². The van der Waals surface area contributed by atoms with Crippen molar-refractivity contribution < 1.29 is 9.21 Å². The van der Waals surface area contributed by atoms with Crippen molar-refractivity contribution in [2.24, 2.45) is 5.92 Å². The minimum atomic E-state index is 0.582. The molecule has 2 heterocycles. The predicted molar refractivity (Wildman–Crippen MR) is 54.3 cm³/mol. The van der Waals surface area contributed by atoms with Gasteiger partial charge in [-0.3, -0.25) is 0 Å². The highest BCUT2D eigenvalue weighted by atomic mass is 16.3. The molecular weight excluding hydrogens is 178 g/mol. The number of hydrogen-bond acceptors (Lipinski definition) is 3. The van der Waals surface area contributed by atoms with E-state index >= 15 is 0 Å². The molecule has 0 spiro atoms. The maximum atomic E-state index is 10.4. The molecule has 1 fully saturated rings. The number of anilines is 1. The third-order valence-electron chi connectivity index (χ3n) is 2.86. The van der Waals surface area contributed by atoms with Crippen LogP contribution in [-0.2, 0) is 4.79 Å². The molecular formula is C11H15NO2. The molecule has 1 aliphatic heterocycles. The van der Waals surface area contributed by atoms with Crippen LogP contribution >= 0.6 is 0 Å². The zero-order chi connectivity index (χ0) is 9.80. The van der Waals surface area contributed by atoms with Gasteiger partial charge in [0.2, 0.25) is 0 Å². The Hall–Kier alpha value is -1.25. The Morgan fingerprint density at radius 2 is 2.29 bits per heavy atom. The second-order valence-electron chi connectivity index (χ2n) is 3.78. The maximum Gasteiger partial charge on any atom is 0.195 e. The third-order valence-corrected chi connectivity index (χ3v) is 2.86. The van der Waals surface area contributed by atoms with E-state index in [-0.39, 0.29) is 0 Å². The number of nitrogens with zero attached hydrogens (tertiary/aromatic N) is 1. The summed E-state index contributed by atoms with van der Waals surface area (Å²) in [5, 5.41) is 0. The summed E-state index contributed by atoms with van der Waals surface area (Å²) in [7, 11) is 0. The molecule has 0 saturated carbocycles. The number of hydrogen-bond donors (Lipinski definition) is 0. The molecule has 3 nitrogen and oxygen atoms in total. The molecule has 76 valence electrons. The lowest BCUT2D eigenvalue weighted by Gasteiger charge is -2.30. The van der Waals surface area contributed by atoms with E-state index in [2.05, 4.69) is 4.90 Å². The highest BCUT2D eigenvalue weighted by Gasteiger charge is 2.19. The lowest BCUT2D eigenvalue weighted by molar-refractivity contribution is -0.108. The number of furan rings is 1. The van der Waals surface area contributed by atoms with Crippen LogP contribution in [0, 0.1) is 5.92 Å². The number of piperidine rings is 1. The van der Waals surface area contributed by atoms with Gasteiger partial charge in [-0.15, -0.1) is 0 Å². The van der Waals surface area contributed by atoms with Gasteiger partial charge in [0.1, 0.15) is 6.29 Å². The fourth-order valence-electron chi connectivity index (χ4n) is 1.97. The summed E-state index contributed by atoms with van der Waals surface area (Å²) in [6.07, 6.45) is 5.64. The second kappa shape index (κ2) is 4.31. The quantitative estimate of drug-likeness (QED) is 0.689. The summed E-state index contributed by atoms with van der Waals surface area (Å²) >= 11 is 0. The average molecular weight is 193 g/mol. The number of carbonyl (C=O) groups is 1. The summed E-state index contributed by atoms with van der Waals surface area (Å²) < 4.78 is 5.32. The lowest BCUT2D eigenvalue weighted by atomic mass is 9.94. The van der Waals surface area contributed by atoms with Crippen LogP contribution in [0.5, 0.6) is 0 Å². The molecule has 0 N–H and O–H groups in total. The van der Waals surface area contributed by atoms with Gasteiger partial charge >= 0.3 is 0 Å². The van der Waals surface area contributed by atoms with Crippen LogP contribution in [0.3, 0.4) is 0 Å². The first-order valence-electron chi connectivity index (χ1n) is 5.12. The van der Waals surface area contributed by atoms with Gasteiger partial charge in [0.05, 0.1) is 6.26 Å². The average Bonchev–Trinajstić information content (AvgIpc) is 2.72. The van der Waals surface area contributed by atoms with Gasteiger partial charge in [-0.25, -0.2) is 0 Å². The summed E-state index contributed by atoms with van der Waals surface area (Å²) in [6.45, 7) is 2.01. The fraction of sp³-hybridized carbons (Fsp3) is 0.545. The molecule has 1 saturated heterocycles. The zero-order valence-electron chi connectivity index (χ0n) is 8.19. The second-order valence-corrected chi connectivity index (χ2v) is 3.78. The normalized spacial score (nSPS) is 18.4. The van der Waals surface area contributed by atoms with Crippen molar-refractivity contribution in [2.45, 2.75) is 19.3 Å². The highest BCUT2D eigenvalue weighted by Crippen LogP contribution is 2.24. The van der Waals surface area contributed by atoms with Crippen LogP contribution in [0.4, 0.5) is 5.88 Å². The number of carbonyl (C=O) groups excluding carboxylic acids is 1. The largest absolute Gasteiger partial charge is 0.449 e. The van der Waals surface area contributed by atoms with E-state index in [1.807, 2.05) is 12.1 Å². The first kappa shape index (κ1) is 9.31. The van der Waals surface area contributed by atoms with Crippen molar-refractivity contribution in [3.05, 3.63) is 18.4 Å². The van der Waals surface area contributed by atoms with Crippen LogP contribution in [0.1, 0.15) is 19.3 Å². The van der Waals surface area contributed by atoms with E-state index in [9.17, 15) is 4.79 Å². The smallest absolute Gasteiger partial charge is 0.195 e. The molecule has 0 unspecified atom stereocenters. The number of rotatable bonds is 3. The van der Waals surface area contributed by atoms with Crippen molar-refractivity contribution in [3.8, 4) is 0 Å². The first-order valence-corrected chi connectivity index (χ1v) is 5.12. The Balaban J connectivity index is 1.87. The van der Waals surface area contributed by atoms with Crippen LogP contribution in [0.2, 0.25) is 0 Å². The van der Waals surface area contributed by atoms with Crippen molar-refractivity contribution in [3.63, 3.8) is 0 Å². The van der Waals surface area contributed by atoms with E-state index in [0.717, 1.165) is 38.1 Å². The Morgan fingerprint density at radius 1 is 1.50 bits per heavy atom. The molecule has 0 bridgehead atoms. The van der Waals surface area contributed by atoms with Crippen molar-refractivity contribution in [1.82, 2.24) is 0 Å². The van der Waals surface area contributed by atoms with Crippen LogP contribution in [0.15, 0.2) is 22.8 Å². The predicted octanol–water partition coefficient (Wildman–Crippen LogP) is 2.08. The van der Waals surface area contributed by atoms with Crippen LogP contribution in [0.25, 0.3) is 0 Å². The first-order chi connectivity index (χ1) is 6.90. The van der Waals surface area contributed by atoms with E-state index in [0.29, 0.717) is 12.3 Å². The minimum absolute atomic E-state index is 0.582. The molecule has 0 radical (unpaired) electrons. The minimum Gasteiger partial charge on any atom is -0.449 e. The summed E-state index contributed by atoms with van der Waals surface area (Å²) in [5.41, 5.74) is 0. The SMILES string of the molecule is O=CCC1CCN(c2ccco2)CC1. The standard InChI is InChI=1S/C11H15NO2/c13-8-5-10-3-6-12(7-4-10)11-2-1-9-14-11/h1-2,8-10H,3-7H2. The van der Waals surface area contributed by atoms with Gasteiger partial charge in [0.15, 0.2) is 5.88 Å². The molecule has 1 aromatic rings. The molecule has 3 heteroatoms. The molecule has 0 atom stereocenters. The molecule has 0 aromatic carbocycles. The molecule has 1 aliphatic rings. The number of aldehydes is 1. The van der Waals surface area contributed by atoms with E-state index in [1.165, 1.54) is 0 Å². The topological polar surface area (TPSA) is 33.5 Å². The monoisotopic (exact) mass is 193 g/mol. The van der Waals surface area contributed by atoms with Crippen molar-refractivity contribution in [1.29, 1.82) is 0 Å². The van der Waals surface area contributed by atoms with E-state index < -0.39 is 0 Å². The Bertz CT molecular complexity index is 273. The fourth-order valence-corrected chi connectivity index (χ4v) is 1.97. The molecule has 14 heavy (non-hydrogen) atoms. The summed E-state index contributed by atoms with van der Waals surface area (Å²) in [4.78, 5) is 12.6. The molecule has 1 aromatic heterocycles. The van der Waals surface area contributed by atoms with Gasteiger partial charge in [-0.1, -0.05) is 0 Å². The third kappa shape index (κ3) is 1.97. The van der Waals surface area contributed by atoms with E-state index in [1.54, 1.807) is 6.26 Å². The maximum absolute atomic E-state index is 10.4. The van der Waals surface area contributed by atoms with Gasteiger partial charge in [-0.2, -0.15) is 0 Å². The van der Waals surface area contributed by atoms with Gasteiger partial charge < -0.3 is 14.1 Å². The summed E-state index contributed by atoms with van der Waals surface area (Å²) in [5.74, 6) is 1.54. The van der Waals surface area contributed by atoms with Gasteiger partial charge in [0, 0.05) is 25.6 Å². The van der Waals surface area contributed by atoms with Crippen LogP contribution in [-0.4, -0.2) is 19.4 Å². The molecule has 0 aliphatic carbocycles. The van der Waals surface area contributed by atoms with Crippen molar-refractivity contribution in [2.75, 3.05) is 18.0 Å². The van der Waals surface area contributed by atoms with E-state index in [4.69, 9.17) is 4.42 Å². The lowest BCUT2D eigenvalue weighted by Crippen LogP contribution is -2.33. The van der Waals surface area contributed by atoms with Crippen LogP contribution < -0.4 is 4.90 Å². The van der Waals surface area contributed by atoms with Crippen molar-refractivity contribution >= 4 is 12.2 Å². The Morgan fingerprint density at radius 3 is 2.86 bits per heavy atom. The molecule has 2 rings (SSSR count). The Kier molecular flexibility index (Phi) is 2.87. The Labute approximate surface area is 83.7 Å². The summed E-state index contributed by atoms with van der Waals surface area (Å²) in [6, 6.07) is 3.90. The van der Waals surface area contributed by atoms with Gasteiger partial charge in [-0.05, 0) is 24.8 Å². The molecule has 0 amide bonds. The highest BCUT2D eigenvalue weighted by molar-refractivity contribution is 5.50. The zero-order valence-corrected chi connectivity index (χ0v) is 8.19.